The fraction of sp³-hybridized carbons (Fsp3) is 0.469. The number of nitrogens with zero attached hydrogens (tertiary/aromatic N) is 1. The molecular formula is C32H38ClF2N3O5S. The first-order chi connectivity index (χ1) is 21.0. The van der Waals surface area contributed by atoms with Crippen molar-refractivity contribution in [1.82, 2.24) is 9.62 Å². The fourth-order valence-electron chi connectivity index (χ4n) is 5.65. The molecule has 238 valence electrons. The number of likely N-dealkylation sites (tertiary alicyclic amines) is 1. The number of benzene rings is 3. The summed E-state index contributed by atoms with van der Waals surface area (Å²) in [6.07, 6.45) is 5.89. The Kier molecular flexibility index (Phi) is 9.99. The van der Waals surface area contributed by atoms with E-state index in [1.807, 2.05) is 13.0 Å². The van der Waals surface area contributed by atoms with Gasteiger partial charge in [0.15, 0.2) is 6.04 Å². The van der Waals surface area contributed by atoms with Gasteiger partial charge in [-0.2, -0.15) is 13.5 Å². The Morgan fingerprint density at radius 3 is 2.43 bits per heavy atom. The predicted octanol–water partition coefficient (Wildman–Crippen LogP) is 5.99. The molecule has 0 spiro atoms. The zero-order valence-electron chi connectivity index (χ0n) is 24.6. The number of ether oxygens (including phenoxy) is 2. The summed E-state index contributed by atoms with van der Waals surface area (Å²) < 4.78 is 73.6. The molecule has 2 aliphatic rings. The normalized spacial score (nSPS) is 17.6. The number of hydrogen-bond donors (Lipinski definition) is 2. The highest BCUT2D eigenvalue weighted by atomic mass is 35.5. The van der Waals surface area contributed by atoms with Crippen molar-refractivity contribution < 1.29 is 31.5 Å². The van der Waals surface area contributed by atoms with Gasteiger partial charge in [-0.05, 0) is 92.1 Å². The molecule has 0 radical (unpaired) electrons. The molecule has 0 bridgehead atoms. The number of carbonyl (C=O) groups is 1. The molecule has 3 N–H and O–H groups in total. The summed E-state index contributed by atoms with van der Waals surface area (Å²) in [4.78, 5) is 14.7. The van der Waals surface area contributed by atoms with E-state index in [0.717, 1.165) is 43.2 Å². The minimum absolute atomic E-state index is 0.0227. The number of sulfonamides is 1. The van der Waals surface area contributed by atoms with Crippen molar-refractivity contribution in [2.45, 2.75) is 80.9 Å². The van der Waals surface area contributed by atoms with E-state index in [1.165, 1.54) is 23.1 Å². The van der Waals surface area contributed by atoms with Gasteiger partial charge in [-0.25, -0.2) is 8.42 Å². The summed E-state index contributed by atoms with van der Waals surface area (Å²) in [5.41, 5.74) is 5.36. The zero-order chi connectivity index (χ0) is 31.5. The van der Waals surface area contributed by atoms with Crippen molar-refractivity contribution in [2.75, 3.05) is 19.7 Å². The number of nitrogens with two attached hydrogens (primary N) is 1. The Hall–Kier alpha value is -2.99. The third-order valence-corrected chi connectivity index (χ3v) is 9.94. The first kappa shape index (κ1) is 32.4. The van der Waals surface area contributed by atoms with E-state index in [0.29, 0.717) is 30.4 Å². The molecule has 44 heavy (non-hydrogen) atoms. The van der Waals surface area contributed by atoms with Crippen molar-refractivity contribution in [1.29, 1.82) is 0 Å². The maximum absolute atomic E-state index is 16.3. The summed E-state index contributed by atoms with van der Waals surface area (Å²) >= 11 is 6.17. The van der Waals surface area contributed by atoms with Crippen LogP contribution in [0.15, 0.2) is 59.5 Å². The van der Waals surface area contributed by atoms with Gasteiger partial charge in [0.25, 0.3) is 5.92 Å². The average molecular weight is 650 g/mol. The lowest BCUT2D eigenvalue weighted by molar-refractivity contribution is -0.145. The largest absolute Gasteiger partial charge is 0.492 e. The van der Waals surface area contributed by atoms with E-state index >= 15 is 8.78 Å². The molecule has 8 nitrogen and oxygen atoms in total. The van der Waals surface area contributed by atoms with Gasteiger partial charge in [-0.15, -0.1) is 0 Å². The van der Waals surface area contributed by atoms with E-state index in [9.17, 15) is 13.2 Å². The van der Waals surface area contributed by atoms with Gasteiger partial charge < -0.3 is 20.1 Å². The molecule has 5 rings (SSSR count). The van der Waals surface area contributed by atoms with Crippen LogP contribution in [-0.2, 0) is 20.7 Å². The Labute approximate surface area is 261 Å². The van der Waals surface area contributed by atoms with Gasteiger partial charge >= 0.3 is 0 Å². The summed E-state index contributed by atoms with van der Waals surface area (Å²) in [6, 6.07) is 10.5. The molecule has 1 aliphatic heterocycles. The van der Waals surface area contributed by atoms with Crippen molar-refractivity contribution >= 4 is 38.3 Å². The SMILES string of the molecule is CCCOc1cc(C(F)(F)[C@H](NS(=O)(=O)c2ccc3cc(OC4CCCC4)ccc3c2)C(=O)N2CCC(N)CC2)ccc1Cl. The van der Waals surface area contributed by atoms with Crippen molar-refractivity contribution in [2.24, 2.45) is 5.73 Å². The second-order valence-electron chi connectivity index (χ2n) is 11.5. The maximum Gasteiger partial charge on any atom is 0.298 e. The standard InChI is InChI=1S/C32H38ClF2N3O5S/c1-2-17-42-29-20-23(9-12-28(29)33)32(34,35)30(31(39)38-15-13-24(36)14-16-38)37-44(40,41)27-11-8-21-18-26(10-7-22(21)19-27)43-25-5-3-4-6-25/h7-12,18-20,24-25,30,37H,2-6,13-17,36H2,1H3/t30-/m1/s1. The molecule has 2 fully saturated rings. The van der Waals surface area contributed by atoms with Gasteiger partial charge in [0.1, 0.15) is 11.5 Å². The first-order valence-corrected chi connectivity index (χ1v) is 16.9. The highest BCUT2D eigenvalue weighted by molar-refractivity contribution is 7.89. The molecule has 1 atom stereocenters. The summed E-state index contributed by atoms with van der Waals surface area (Å²) in [7, 11) is -4.59. The number of rotatable bonds is 11. The van der Waals surface area contributed by atoms with Crippen LogP contribution in [0.5, 0.6) is 11.5 Å². The van der Waals surface area contributed by atoms with Crippen LogP contribution in [0.4, 0.5) is 8.78 Å². The van der Waals surface area contributed by atoms with Crippen LogP contribution in [-0.4, -0.2) is 57.1 Å². The second-order valence-corrected chi connectivity index (χ2v) is 13.6. The number of halogens is 3. The minimum Gasteiger partial charge on any atom is -0.492 e. The Morgan fingerprint density at radius 1 is 1.05 bits per heavy atom. The molecule has 1 amide bonds. The van der Waals surface area contributed by atoms with E-state index in [4.69, 9.17) is 26.8 Å². The van der Waals surface area contributed by atoms with Crippen LogP contribution in [0.1, 0.15) is 57.4 Å². The molecule has 1 heterocycles. The molecule has 1 aliphatic carbocycles. The molecular weight excluding hydrogens is 612 g/mol. The zero-order valence-corrected chi connectivity index (χ0v) is 26.2. The molecule has 0 aromatic heterocycles. The van der Waals surface area contributed by atoms with Crippen molar-refractivity contribution in [3.63, 3.8) is 0 Å². The number of nitrogens with one attached hydrogen (secondary N) is 1. The van der Waals surface area contributed by atoms with Crippen LogP contribution in [0.2, 0.25) is 5.02 Å². The molecule has 0 unspecified atom stereocenters. The van der Waals surface area contributed by atoms with Gasteiger partial charge in [-0.3, -0.25) is 4.79 Å². The Morgan fingerprint density at radius 2 is 1.73 bits per heavy atom. The third-order valence-electron chi connectivity index (χ3n) is 8.21. The molecule has 3 aromatic carbocycles. The van der Waals surface area contributed by atoms with Gasteiger partial charge in [-0.1, -0.05) is 36.7 Å². The highest BCUT2D eigenvalue weighted by Crippen LogP contribution is 2.38. The quantitative estimate of drug-likeness (QED) is 0.264. The van der Waals surface area contributed by atoms with Crippen molar-refractivity contribution in [3.8, 4) is 11.5 Å². The van der Waals surface area contributed by atoms with Crippen LogP contribution in [0.25, 0.3) is 10.8 Å². The smallest absolute Gasteiger partial charge is 0.298 e. The molecule has 1 saturated carbocycles. The Bertz CT molecular complexity index is 1590. The van der Waals surface area contributed by atoms with Crippen LogP contribution >= 0.6 is 11.6 Å². The number of hydrogen-bond acceptors (Lipinski definition) is 6. The van der Waals surface area contributed by atoms with Crippen LogP contribution in [0.3, 0.4) is 0 Å². The average Bonchev–Trinajstić information content (AvgIpc) is 3.52. The Balaban J connectivity index is 1.45. The van der Waals surface area contributed by atoms with E-state index in [-0.39, 0.29) is 47.5 Å². The summed E-state index contributed by atoms with van der Waals surface area (Å²) in [5, 5.41) is 1.45. The van der Waals surface area contributed by atoms with E-state index in [1.54, 1.807) is 18.2 Å². The number of fused-ring (bicyclic) bond motifs is 1. The van der Waals surface area contributed by atoms with E-state index < -0.39 is 33.5 Å². The molecule has 3 aromatic rings. The first-order valence-electron chi connectivity index (χ1n) is 15.1. The lowest BCUT2D eigenvalue weighted by Gasteiger charge is -2.35. The number of alkyl halides is 2. The predicted molar refractivity (Wildman–Crippen MR) is 166 cm³/mol. The lowest BCUT2D eigenvalue weighted by atomic mass is 9.98. The summed E-state index contributed by atoms with van der Waals surface area (Å²) in [6.45, 7) is 2.38. The highest BCUT2D eigenvalue weighted by Gasteiger charge is 2.50. The topological polar surface area (TPSA) is 111 Å². The number of amides is 1. The molecule has 1 saturated heterocycles. The number of piperidine rings is 1. The fourth-order valence-corrected chi connectivity index (χ4v) is 7.04. The third kappa shape index (κ3) is 7.28. The van der Waals surface area contributed by atoms with Crippen molar-refractivity contribution in [3.05, 3.63) is 65.2 Å². The minimum atomic E-state index is -4.59. The summed E-state index contributed by atoms with van der Waals surface area (Å²) in [5.74, 6) is -4.28. The van der Waals surface area contributed by atoms with Crippen LogP contribution in [0, 0.1) is 0 Å². The van der Waals surface area contributed by atoms with Crippen LogP contribution < -0.4 is 19.9 Å². The monoisotopic (exact) mass is 649 g/mol. The van der Waals surface area contributed by atoms with Gasteiger partial charge in [0, 0.05) is 24.7 Å². The second kappa shape index (κ2) is 13.6. The maximum atomic E-state index is 16.3. The van der Waals surface area contributed by atoms with Gasteiger partial charge in [0.05, 0.1) is 22.6 Å². The molecule has 12 heteroatoms. The lowest BCUT2D eigenvalue weighted by Crippen LogP contribution is -2.58. The van der Waals surface area contributed by atoms with E-state index in [2.05, 4.69) is 4.72 Å². The number of carbonyl (C=O) groups excluding carboxylic acids is 1. The van der Waals surface area contributed by atoms with Gasteiger partial charge in [0.2, 0.25) is 15.9 Å².